The third-order valence-corrected chi connectivity index (χ3v) is 5.47. The van der Waals surface area contributed by atoms with Crippen molar-refractivity contribution in [3.63, 3.8) is 0 Å². The molecule has 4 unspecified atom stereocenters. The summed E-state index contributed by atoms with van der Waals surface area (Å²) >= 11 is 12.3. The Morgan fingerprint density at radius 3 is 2.44 bits per heavy atom. The van der Waals surface area contributed by atoms with E-state index in [1.165, 1.54) is 25.7 Å². The fourth-order valence-corrected chi connectivity index (χ4v) is 4.40. The molecule has 1 N–H and O–H groups in total. The molecule has 1 nitrogen and oxygen atoms in total. The Balaban J connectivity index is 1.73. The molecular weight excluding hydrogens is 267 g/mol. The Kier molecular flexibility index (Phi) is 3.57. The van der Waals surface area contributed by atoms with Crippen LogP contribution in [0.1, 0.15) is 31.2 Å². The fraction of sp³-hybridized carbons (Fsp3) is 0.600. The van der Waals surface area contributed by atoms with Crippen LogP contribution in [0, 0.1) is 17.8 Å². The van der Waals surface area contributed by atoms with Gasteiger partial charge in [0, 0.05) is 16.5 Å². The highest BCUT2D eigenvalue weighted by atomic mass is 35.5. The van der Waals surface area contributed by atoms with Gasteiger partial charge in [-0.2, -0.15) is 0 Å². The first-order valence-electron chi connectivity index (χ1n) is 6.76. The lowest BCUT2D eigenvalue weighted by Gasteiger charge is -2.27. The average molecular weight is 285 g/mol. The molecule has 3 heteroatoms. The van der Waals surface area contributed by atoms with Crippen LogP contribution in [0.4, 0.5) is 0 Å². The van der Waals surface area contributed by atoms with Crippen LogP contribution in [0.3, 0.4) is 0 Å². The van der Waals surface area contributed by atoms with E-state index in [1.54, 1.807) is 0 Å². The zero-order chi connectivity index (χ0) is 12.7. The Hall–Kier alpha value is -0.240. The molecule has 98 valence electrons. The van der Waals surface area contributed by atoms with Crippen LogP contribution < -0.4 is 0 Å². The Bertz CT molecular complexity index is 426. The van der Waals surface area contributed by atoms with Crippen molar-refractivity contribution in [3.8, 4) is 0 Å². The first kappa shape index (κ1) is 12.8. The number of halogens is 2. The molecule has 0 aromatic heterocycles. The molecule has 2 fully saturated rings. The molecule has 18 heavy (non-hydrogen) atoms. The third-order valence-electron chi connectivity index (χ3n) is 4.76. The molecule has 3 rings (SSSR count). The molecule has 0 radical (unpaired) electrons. The summed E-state index contributed by atoms with van der Waals surface area (Å²) in [6.45, 7) is 0. The van der Waals surface area contributed by atoms with E-state index in [1.807, 2.05) is 18.2 Å². The zero-order valence-electron chi connectivity index (χ0n) is 10.3. The third kappa shape index (κ3) is 2.29. The molecule has 1 aromatic carbocycles. The van der Waals surface area contributed by atoms with Gasteiger partial charge in [-0.1, -0.05) is 35.7 Å². The predicted octanol–water partition coefficient (Wildman–Crippen LogP) is 4.33. The van der Waals surface area contributed by atoms with E-state index in [0.29, 0.717) is 22.4 Å². The maximum atomic E-state index is 10.5. The number of fused-ring (bicyclic) bond motifs is 2. The van der Waals surface area contributed by atoms with Gasteiger partial charge in [0.1, 0.15) is 0 Å². The van der Waals surface area contributed by atoms with Crippen LogP contribution in [0.5, 0.6) is 0 Å². The SMILES string of the molecule is OC(Cc1c(Cl)cccc1Cl)C1CC2CCC1C2. The molecule has 0 aliphatic heterocycles. The molecule has 2 aliphatic carbocycles. The number of aliphatic hydroxyl groups is 1. The first-order chi connectivity index (χ1) is 8.65. The van der Waals surface area contributed by atoms with E-state index >= 15 is 0 Å². The lowest BCUT2D eigenvalue weighted by molar-refractivity contribution is 0.0751. The van der Waals surface area contributed by atoms with E-state index in [0.717, 1.165) is 17.4 Å². The largest absolute Gasteiger partial charge is 0.392 e. The number of aliphatic hydroxyl groups excluding tert-OH is 1. The normalized spacial score (nSPS) is 31.8. The van der Waals surface area contributed by atoms with Gasteiger partial charge in [-0.3, -0.25) is 0 Å². The topological polar surface area (TPSA) is 20.2 Å². The first-order valence-corrected chi connectivity index (χ1v) is 7.51. The van der Waals surface area contributed by atoms with E-state index in [4.69, 9.17) is 23.2 Å². The van der Waals surface area contributed by atoms with Crippen molar-refractivity contribution < 1.29 is 5.11 Å². The molecule has 2 aliphatic rings. The second-order valence-electron chi connectivity index (χ2n) is 5.81. The maximum absolute atomic E-state index is 10.5. The van der Waals surface area contributed by atoms with E-state index in [9.17, 15) is 5.11 Å². The summed E-state index contributed by atoms with van der Waals surface area (Å²) in [7, 11) is 0. The van der Waals surface area contributed by atoms with Crippen LogP contribution in [0.15, 0.2) is 18.2 Å². The highest BCUT2D eigenvalue weighted by molar-refractivity contribution is 6.35. The summed E-state index contributed by atoms with van der Waals surface area (Å²) < 4.78 is 0. The molecule has 0 heterocycles. The maximum Gasteiger partial charge on any atom is 0.0612 e. The minimum absolute atomic E-state index is 0.294. The highest BCUT2D eigenvalue weighted by Crippen LogP contribution is 2.50. The number of hydrogen-bond donors (Lipinski definition) is 1. The monoisotopic (exact) mass is 284 g/mol. The van der Waals surface area contributed by atoms with Gasteiger partial charge in [0.25, 0.3) is 0 Å². The van der Waals surface area contributed by atoms with E-state index in [2.05, 4.69) is 0 Å². The van der Waals surface area contributed by atoms with Crippen molar-refractivity contribution >= 4 is 23.2 Å². The Morgan fingerprint density at radius 2 is 1.89 bits per heavy atom. The molecule has 4 atom stereocenters. The average Bonchev–Trinajstić information content (AvgIpc) is 2.96. The van der Waals surface area contributed by atoms with Crippen molar-refractivity contribution in [3.05, 3.63) is 33.8 Å². The lowest BCUT2D eigenvalue weighted by atomic mass is 9.82. The van der Waals surface area contributed by atoms with Crippen molar-refractivity contribution in [1.82, 2.24) is 0 Å². The van der Waals surface area contributed by atoms with Gasteiger partial charge >= 0.3 is 0 Å². The predicted molar refractivity (Wildman–Crippen MR) is 75.1 cm³/mol. The molecule has 2 saturated carbocycles. The lowest BCUT2D eigenvalue weighted by Crippen LogP contribution is -2.27. The summed E-state index contributed by atoms with van der Waals surface area (Å²) in [5, 5.41) is 11.8. The second-order valence-corrected chi connectivity index (χ2v) is 6.62. The standard InChI is InChI=1S/C15H18Cl2O/c16-13-2-1-3-14(17)12(13)8-15(18)11-7-9-4-5-10(11)6-9/h1-3,9-11,15,18H,4-8H2. The van der Waals surface area contributed by atoms with Gasteiger partial charge in [-0.05, 0) is 54.7 Å². The number of rotatable bonds is 3. The van der Waals surface area contributed by atoms with Crippen molar-refractivity contribution in [2.75, 3.05) is 0 Å². The Labute approximate surface area is 118 Å². The van der Waals surface area contributed by atoms with Gasteiger partial charge in [0.2, 0.25) is 0 Å². The van der Waals surface area contributed by atoms with Crippen LogP contribution in [-0.4, -0.2) is 11.2 Å². The molecule has 2 bridgehead atoms. The molecule has 1 aromatic rings. The fourth-order valence-electron chi connectivity index (χ4n) is 3.85. The minimum Gasteiger partial charge on any atom is -0.392 e. The Morgan fingerprint density at radius 1 is 1.17 bits per heavy atom. The second kappa shape index (κ2) is 5.03. The zero-order valence-corrected chi connectivity index (χ0v) is 11.8. The van der Waals surface area contributed by atoms with Crippen molar-refractivity contribution in [1.29, 1.82) is 0 Å². The number of benzene rings is 1. The van der Waals surface area contributed by atoms with Gasteiger partial charge in [0.15, 0.2) is 0 Å². The van der Waals surface area contributed by atoms with E-state index in [-0.39, 0.29) is 6.10 Å². The summed E-state index contributed by atoms with van der Waals surface area (Å²) in [4.78, 5) is 0. The van der Waals surface area contributed by atoms with Gasteiger partial charge in [0.05, 0.1) is 6.10 Å². The van der Waals surface area contributed by atoms with E-state index < -0.39 is 0 Å². The molecule has 0 spiro atoms. The smallest absolute Gasteiger partial charge is 0.0612 e. The van der Waals surface area contributed by atoms with Gasteiger partial charge in [-0.25, -0.2) is 0 Å². The minimum atomic E-state index is -0.294. The molecule has 0 saturated heterocycles. The molecule has 0 amide bonds. The van der Waals surface area contributed by atoms with Crippen molar-refractivity contribution in [2.24, 2.45) is 17.8 Å². The molecular formula is C15H18Cl2O. The van der Waals surface area contributed by atoms with Gasteiger partial charge in [-0.15, -0.1) is 0 Å². The van der Waals surface area contributed by atoms with Gasteiger partial charge < -0.3 is 5.11 Å². The highest BCUT2D eigenvalue weighted by Gasteiger charge is 2.42. The van der Waals surface area contributed by atoms with Crippen LogP contribution in [-0.2, 0) is 6.42 Å². The van der Waals surface area contributed by atoms with Crippen molar-refractivity contribution in [2.45, 2.75) is 38.2 Å². The van der Waals surface area contributed by atoms with Crippen LogP contribution >= 0.6 is 23.2 Å². The summed E-state index contributed by atoms with van der Waals surface area (Å²) in [5.41, 5.74) is 0.899. The number of hydrogen-bond acceptors (Lipinski definition) is 1. The van der Waals surface area contributed by atoms with Crippen LogP contribution in [0.2, 0.25) is 10.0 Å². The summed E-state index contributed by atoms with van der Waals surface area (Å²) in [6, 6.07) is 5.53. The summed E-state index contributed by atoms with van der Waals surface area (Å²) in [6.07, 6.45) is 5.46. The van der Waals surface area contributed by atoms with Crippen LogP contribution in [0.25, 0.3) is 0 Å². The summed E-state index contributed by atoms with van der Waals surface area (Å²) in [5.74, 6) is 2.04. The quantitative estimate of drug-likeness (QED) is 0.876.